The van der Waals surface area contributed by atoms with Gasteiger partial charge in [0.15, 0.2) is 0 Å². The molecule has 1 aromatic rings. The van der Waals surface area contributed by atoms with Crippen molar-refractivity contribution in [3.05, 3.63) is 23.9 Å². The van der Waals surface area contributed by atoms with E-state index in [2.05, 4.69) is 10.3 Å². The minimum Gasteiger partial charge on any atom is -0.309 e. The standard InChI is InChI=1S/C11H11N3O/c1-8-2-5-13-9(6-8)14-10(15)11(7-12)3-4-11/h2,5-6H,3-4H2,1H3,(H,13,14,15). The summed E-state index contributed by atoms with van der Waals surface area (Å²) in [6, 6.07) is 5.68. The summed E-state index contributed by atoms with van der Waals surface area (Å²) in [6.45, 7) is 1.93. The molecule has 0 spiro atoms. The molecule has 0 aliphatic heterocycles. The summed E-state index contributed by atoms with van der Waals surface area (Å²) in [6.07, 6.45) is 2.94. The van der Waals surface area contributed by atoms with Crippen LogP contribution in [0.3, 0.4) is 0 Å². The number of nitrogens with zero attached hydrogens (tertiary/aromatic N) is 2. The summed E-state index contributed by atoms with van der Waals surface area (Å²) in [4.78, 5) is 15.7. The predicted octanol–water partition coefficient (Wildman–Crippen LogP) is 1.63. The van der Waals surface area contributed by atoms with E-state index < -0.39 is 5.41 Å². The maximum absolute atomic E-state index is 11.7. The molecule has 1 saturated carbocycles. The Morgan fingerprint density at radius 2 is 2.40 bits per heavy atom. The zero-order chi connectivity index (χ0) is 10.9. The lowest BCUT2D eigenvalue weighted by atomic mass is 10.1. The minimum atomic E-state index is -0.786. The minimum absolute atomic E-state index is 0.233. The van der Waals surface area contributed by atoms with E-state index in [-0.39, 0.29) is 5.91 Å². The highest BCUT2D eigenvalue weighted by atomic mass is 16.2. The van der Waals surface area contributed by atoms with Gasteiger partial charge >= 0.3 is 0 Å². The SMILES string of the molecule is Cc1ccnc(NC(=O)C2(C#N)CC2)c1. The Balaban J connectivity index is 2.10. The molecule has 0 bridgehead atoms. The lowest BCUT2D eigenvalue weighted by molar-refractivity contribution is -0.119. The Morgan fingerprint density at radius 1 is 1.67 bits per heavy atom. The molecule has 0 radical (unpaired) electrons. The third-order valence-electron chi connectivity index (χ3n) is 2.56. The number of hydrogen-bond acceptors (Lipinski definition) is 3. The molecule has 1 aliphatic rings. The zero-order valence-corrected chi connectivity index (χ0v) is 8.45. The normalized spacial score (nSPS) is 16.5. The second-order valence-corrected chi connectivity index (χ2v) is 3.87. The summed E-state index contributed by atoms with van der Waals surface area (Å²) in [5, 5.41) is 11.5. The van der Waals surface area contributed by atoms with Crippen molar-refractivity contribution in [3.8, 4) is 6.07 Å². The van der Waals surface area contributed by atoms with Crippen LogP contribution in [0.1, 0.15) is 18.4 Å². The van der Waals surface area contributed by atoms with E-state index in [4.69, 9.17) is 5.26 Å². The van der Waals surface area contributed by atoms with E-state index in [1.165, 1.54) is 0 Å². The molecule has 4 heteroatoms. The molecule has 76 valence electrons. The Hall–Kier alpha value is -1.89. The molecule has 1 heterocycles. The molecule has 0 aromatic carbocycles. The zero-order valence-electron chi connectivity index (χ0n) is 8.45. The first kappa shape index (κ1) is 9.66. The molecule has 2 rings (SSSR count). The molecule has 1 N–H and O–H groups in total. The number of pyridine rings is 1. The van der Waals surface area contributed by atoms with E-state index >= 15 is 0 Å². The fraction of sp³-hybridized carbons (Fsp3) is 0.364. The largest absolute Gasteiger partial charge is 0.309 e. The van der Waals surface area contributed by atoms with Crippen LogP contribution in [0, 0.1) is 23.7 Å². The first-order valence-corrected chi connectivity index (χ1v) is 4.82. The molecule has 1 aliphatic carbocycles. The first-order chi connectivity index (χ1) is 7.16. The van der Waals surface area contributed by atoms with Crippen LogP contribution in [-0.4, -0.2) is 10.9 Å². The average Bonchev–Trinajstić information content (AvgIpc) is 2.98. The van der Waals surface area contributed by atoms with E-state index in [1.807, 2.05) is 19.1 Å². The van der Waals surface area contributed by atoms with Gasteiger partial charge in [-0.2, -0.15) is 5.26 Å². The van der Waals surface area contributed by atoms with Crippen molar-refractivity contribution in [2.75, 3.05) is 5.32 Å². The van der Waals surface area contributed by atoms with Crippen molar-refractivity contribution < 1.29 is 4.79 Å². The number of aromatic nitrogens is 1. The average molecular weight is 201 g/mol. The number of amides is 1. The van der Waals surface area contributed by atoms with Crippen molar-refractivity contribution in [2.24, 2.45) is 5.41 Å². The van der Waals surface area contributed by atoms with Gasteiger partial charge in [-0.05, 0) is 37.5 Å². The van der Waals surface area contributed by atoms with Gasteiger partial charge < -0.3 is 5.32 Å². The second-order valence-electron chi connectivity index (χ2n) is 3.87. The summed E-state index contributed by atoms with van der Waals surface area (Å²) in [7, 11) is 0. The Kier molecular flexibility index (Phi) is 2.16. The lowest BCUT2D eigenvalue weighted by Gasteiger charge is -2.07. The third-order valence-corrected chi connectivity index (χ3v) is 2.56. The van der Waals surface area contributed by atoms with Crippen molar-refractivity contribution in [1.29, 1.82) is 5.26 Å². The number of carbonyl (C=O) groups is 1. The highest BCUT2D eigenvalue weighted by Crippen LogP contribution is 2.45. The summed E-state index contributed by atoms with van der Waals surface area (Å²) < 4.78 is 0. The highest BCUT2D eigenvalue weighted by molar-refractivity contribution is 5.98. The highest BCUT2D eigenvalue weighted by Gasteiger charge is 2.50. The maximum atomic E-state index is 11.7. The summed E-state index contributed by atoms with van der Waals surface area (Å²) in [5.41, 5.74) is 0.243. The van der Waals surface area contributed by atoms with Crippen LogP contribution >= 0.6 is 0 Å². The van der Waals surface area contributed by atoms with Crippen LogP contribution in [0.5, 0.6) is 0 Å². The quantitative estimate of drug-likeness (QED) is 0.790. The Morgan fingerprint density at radius 3 is 2.93 bits per heavy atom. The van der Waals surface area contributed by atoms with Gasteiger partial charge in [0.05, 0.1) is 6.07 Å². The fourth-order valence-corrected chi connectivity index (χ4v) is 1.36. The first-order valence-electron chi connectivity index (χ1n) is 4.82. The second kappa shape index (κ2) is 3.35. The van der Waals surface area contributed by atoms with Crippen LogP contribution in [-0.2, 0) is 4.79 Å². The number of nitrogens with one attached hydrogen (secondary N) is 1. The predicted molar refractivity (Wildman–Crippen MR) is 54.9 cm³/mol. The van der Waals surface area contributed by atoms with Gasteiger partial charge in [-0.1, -0.05) is 0 Å². The Bertz CT molecular complexity index is 443. The fourth-order valence-electron chi connectivity index (χ4n) is 1.36. The van der Waals surface area contributed by atoms with Crippen LogP contribution in [0.25, 0.3) is 0 Å². The van der Waals surface area contributed by atoms with Gasteiger partial charge in [0.25, 0.3) is 0 Å². The van der Waals surface area contributed by atoms with Gasteiger partial charge in [0, 0.05) is 6.20 Å². The van der Waals surface area contributed by atoms with E-state index in [1.54, 1.807) is 12.3 Å². The Labute approximate surface area is 87.9 Å². The number of rotatable bonds is 2. The van der Waals surface area contributed by atoms with Crippen molar-refractivity contribution >= 4 is 11.7 Å². The van der Waals surface area contributed by atoms with Crippen LogP contribution in [0.15, 0.2) is 18.3 Å². The number of hydrogen-bond donors (Lipinski definition) is 1. The summed E-state index contributed by atoms with van der Waals surface area (Å²) in [5.74, 6) is 0.282. The molecular weight excluding hydrogens is 190 g/mol. The van der Waals surface area contributed by atoms with Crippen molar-refractivity contribution in [3.63, 3.8) is 0 Å². The summed E-state index contributed by atoms with van der Waals surface area (Å²) >= 11 is 0. The molecule has 0 atom stereocenters. The molecule has 1 amide bonds. The lowest BCUT2D eigenvalue weighted by Crippen LogP contribution is -2.23. The molecule has 1 fully saturated rings. The van der Waals surface area contributed by atoms with Gasteiger partial charge in [-0.15, -0.1) is 0 Å². The van der Waals surface area contributed by atoms with E-state index in [9.17, 15) is 4.79 Å². The van der Waals surface area contributed by atoms with Crippen LogP contribution in [0.2, 0.25) is 0 Å². The number of carbonyl (C=O) groups excluding carboxylic acids is 1. The third kappa shape index (κ3) is 1.82. The smallest absolute Gasteiger partial charge is 0.246 e. The van der Waals surface area contributed by atoms with Crippen molar-refractivity contribution in [2.45, 2.75) is 19.8 Å². The number of aryl methyl sites for hydroxylation is 1. The number of anilines is 1. The topological polar surface area (TPSA) is 65.8 Å². The maximum Gasteiger partial charge on any atom is 0.246 e. The number of nitriles is 1. The van der Waals surface area contributed by atoms with Gasteiger partial charge in [-0.3, -0.25) is 4.79 Å². The molecule has 4 nitrogen and oxygen atoms in total. The van der Waals surface area contributed by atoms with Gasteiger partial charge in [0.1, 0.15) is 11.2 Å². The van der Waals surface area contributed by atoms with Gasteiger partial charge in [0.2, 0.25) is 5.91 Å². The van der Waals surface area contributed by atoms with Crippen LogP contribution in [0.4, 0.5) is 5.82 Å². The molecule has 15 heavy (non-hydrogen) atoms. The molecule has 0 saturated heterocycles. The van der Waals surface area contributed by atoms with Crippen molar-refractivity contribution in [1.82, 2.24) is 4.98 Å². The molecule has 0 unspecified atom stereocenters. The van der Waals surface area contributed by atoms with E-state index in [0.29, 0.717) is 18.7 Å². The molecular formula is C11H11N3O. The molecule has 1 aromatic heterocycles. The van der Waals surface area contributed by atoms with E-state index in [0.717, 1.165) is 5.56 Å². The van der Waals surface area contributed by atoms with Gasteiger partial charge in [-0.25, -0.2) is 4.98 Å². The monoisotopic (exact) mass is 201 g/mol. The van der Waals surface area contributed by atoms with Crippen LogP contribution < -0.4 is 5.32 Å².